The van der Waals surface area contributed by atoms with Crippen molar-refractivity contribution in [1.82, 2.24) is 0 Å². The van der Waals surface area contributed by atoms with Crippen molar-refractivity contribution >= 4 is 23.9 Å². The quantitative estimate of drug-likeness (QED) is 0.497. The molecule has 0 saturated carbocycles. The van der Waals surface area contributed by atoms with E-state index in [-0.39, 0.29) is 12.8 Å². The molecule has 2 unspecified atom stereocenters. The molecule has 0 aliphatic rings. The second-order valence-corrected chi connectivity index (χ2v) is 3.83. The third kappa shape index (κ3) is 9.86. The Labute approximate surface area is 116 Å². The molecule has 0 fully saturated rings. The summed E-state index contributed by atoms with van der Waals surface area (Å²) in [5.74, 6) is -2.59. The van der Waals surface area contributed by atoms with Crippen molar-refractivity contribution in [3.05, 3.63) is 0 Å². The Kier molecular flexibility index (Phi) is 7.95. The van der Waals surface area contributed by atoms with Crippen LogP contribution in [0, 0.1) is 0 Å². The molecule has 0 aliphatic carbocycles. The van der Waals surface area contributed by atoms with E-state index in [0.29, 0.717) is 0 Å². The van der Waals surface area contributed by atoms with Crippen LogP contribution < -0.4 is 0 Å². The third-order valence-corrected chi connectivity index (χ3v) is 1.79. The van der Waals surface area contributed by atoms with Crippen LogP contribution in [0.5, 0.6) is 0 Å². The Morgan fingerprint density at radius 1 is 0.700 bits per heavy atom. The minimum absolute atomic E-state index is 0.239. The van der Waals surface area contributed by atoms with Crippen LogP contribution in [0.15, 0.2) is 0 Å². The van der Waals surface area contributed by atoms with Crippen LogP contribution in [0.4, 0.5) is 0 Å². The highest BCUT2D eigenvalue weighted by molar-refractivity contribution is 5.78. The standard InChI is InChI=1S/C12H18O8/c1-7(13)17-9(3)19-11(15)5-6-12(16)20-10(4)18-8(2)14/h9-10H,5-6H2,1-4H3. The van der Waals surface area contributed by atoms with Crippen LogP contribution in [-0.4, -0.2) is 36.5 Å². The summed E-state index contributed by atoms with van der Waals surface area (Å²) in [6, 6.07) is 0. The van der Waals surface area contributed by atoms with Crippen molar-refractivity contribution in [3.63, 3.8) is 0 Å². The number of carbonyl (C=O) groups is 4. The fourth-order valence-corrected chi connectivity index (χ4v) is 1.21. The van der Waals surface area contributed by atoms with Crippen molar-refractivity contribution in [3.8, 4) is 0 Å². The lowest BCUT2D eigenvalue weighted by Gasteiger charge is -2.14. The summed E-state index contributed by atoms with van der Waals surface area (Å²) in [5.41, 5.74) is 0. The average Bonchev–Trinajstić information content (AvgIpc) is 2.23. The highest BCUT2D eigenvalue weighted by Gasteiger charge is 2.16. The Morgan fingerprint density at radius 3 is 1.25 bits per heavy atom. The molecule has 0 heterocycles. The van der Waals surface area contributed by atoms with Crippen LogP contribution in [0.25, 0.3) is 0 Å². The van der Waals surface area contributed by atoms with E-state index in [9.17, 15) is 19.2 Å². The molecule has 0 aliphatic heterocycles. The minimum atomic E-state index is -1.02. The van der Waals surface area contributed by atoms with E-state index in [1.165, 1.54) is 27.7 Å². The first-order valence-electron chi connectivity index (χ1n) is 5.94. The molecule has 0 aromatic carbocycles. The van der Waals surface area contributed by atoms with E-state index < -0.39 is 36.5 Å². The maximum atomic E-state index is 11.3. The van der Waals surface area contributed by atoms with Gasteiger partial charge in [-0.1, -0.05) is 0 Å². The van der Waals surface area contributed by atoms with Crippen LogP contribution >= 0.6 is 0 Å². The monoisotopic (exact) mass is 290 g/mol. The largest absolute Gasteiger partial charge is 0.426 e. The van der Waals surface area contributed by atoms with Gasteiger partial charge in [0, 0.05) is 27.7 Å². The summed E-state index contributed by atoms with van der Waals surface area (Å²) in [6.45, 7) is 5.11. The normalized spacial score (nSPS) is 12.8. The second kappa shape index (κ2) is 8.89. The summed E-state index contributed by atoms with van der Waals surface area (Å²) in [4.78, 5) is 43.8. The average molecular weight is 290 g/mol. The van der Waals surface area contributed by atoms with Crippen LogP contribution in [-0.2, 0) is 38.1 Å². The van der Waals surface area contributed by atoms with Gasteiger partial charge in [-0.25, -0.2) is 0 Å². The van der Waals surface area contributed by atoms with Gasteiger partial charge in [-0.15, -0.1) is 0 Å². The topological polar surface area (TPSA) is 105 Å². The fourth-order valence-electron chi connectivity index (χ4n) is 1.21. The van der Waals surface area contributed by atoms with E-state index in [1.54, 1.807) is 0 Å². The number of carbonyl (C=O) groups excluding carboxylic acids is 4. The van der Waals surface area contributed by atoms with Crippen LogP contribution in [0.2, 0.25) is 0 Å². The predicted molar refractivity (Wildman–Crippen MR) is 63.9 cm³/mol. The Hall–Kier alpha value is -2.12. The second-order valence-electron chi connectivity index (χ2n) is 3.83. The molecule has 0 radical (unpaired) electrons. The molecule has 0 aromatic heterocycles. The van der Waals surface area contributed by atoms with Crippen molar-refractivity contribution < 1.29 is 38.1 Å². The summed E-state index contributed by atoms with van der Waals surface area (Å²) < 4.78 is 18.6. The zero-order valence-corrected chi connectivity index (χ0v) is 11.8. The maximum absolute atomic E-state index is 11.3. The summed E-state index contributed by atoms with van der Waals surface area (Å²) >= 11 is 0. The maximum Gasteiger partial charge on any atom is 0.309 e. The molecule has 2 atom stereocenters. The molecule has 0 amide bonds. The molecule has 8 nitrogen and oxygen atoms in total. The van der Waals surface area contributed by atoms with E-state index in [2.05, 4.69) is 9.47 Å². The Balaban J connectivity index is 3.91. The zero-order valence-electron chi connectivity index (χ0n) is 11.8. The molecule has 8 heteroatoms. The van der Waals surface area contributed by atoms with Gasteiger partial charge >= 0.3 is 23.9 Å². The van der Waals surface area contributed by atoms with Gasteiger partial charge < -0.3 is 18.9 Å². The highest BCUT2D eigenvalue weighted by atomic mass is 16.7. The van der Waals surface area contributed by atoms with Crippen LogP contribution in [0.1, 0.15) is 40.5 Å². The SMILES string of the molecule is CC(=O)OC(C)OC(=O)CCC(=O)OC(C)OC(C)=O. The van der Waals surface area contributed by atoms with Gasteiger partial charge in [-0.3, -0.25) is 19.2 Å². The molecule has 0 aromatic rings. The van der Waals surface area contributed by atoms with E-state index in [1.807, 2.05) is 0 Å². The molecule has 0 rings (SSSR count). The summed E-state index contributed by atoms with van der Waals surface area (Å²) in [7, 11) is 0. The van der Waals surface area contributed by atoms with Gasteiger partial charge in [0.05, 0.1) is 12.8 Å². The lowest BCUT2D eigenvalue weighted by Crippen LogP contribution is -2.23. The molecular formula is C12H18O8. The molecule has 0 spiro atoms. The smallest absolute Gasteiger partial charge is 0.309 e. The molecular weight excluding hydrogens is 272 g/mol. The van der Waals surface area contributed by atoms with Gasteiger partial charge in [0.1, 0.15) is 0 Å². The third-order valence-electron chi connectivity index (χ3n) is 1.79. The Morgan fingerprint density at radius 2 is 1.00 bits per heavy atom. The van der Waals surface area contributed by atoms with E-state index in [4.69, 9.17) is 9.47 Å². The summed E-state index contributed by atoms with van der Waals surface area (Å²) in [5, 5.41) is 0. The first-order valence-corrected chi connectivity index (χ1v) is 5.94. The molecule has 20 heavy (non-hydrogen) atoms. The fraction of sp³-hybridized carbons (Fsp3) is 0.667. The van der Waals surface area contributed by atoms with Crippen molar-refractivity contribution in [2.75, 3.05) is 0 Å². The van der Waals surface area contributed by atoms with E-state index in [0.717, 1.165) is 0 Å². The van der Waals surface area contributed by atoms with Gasteiger partial charge in [0.25, 0.3) is 0 Å². The zero-order chi connectivity index (χ0) is 15.7. The van der Waals surface area contributed by atoms with Gasteiger partial charge in [-0.2, -0.15) is 0 Å². The molecule has 0 saturated heterocycles. The summed E-state index contributed by atoms with van der Waals surface area (Å²) in [6.07, 6.45) is -2.51. The number of hydrogen-bond acceptors (Lipinski definition) is 8. The first-order chi connectivity index (χ1) is 9.20. The molecule has 0 N–H and O–H groups in total. The minimum Gasteiger partial charge on any atom is -0.426 e. The highest BCUT2D eigenvalue weighted by Crippen LogP contribution is 2.03. The molecule has 114 valence electrons. The number of hydrogen-bond donors (Lipinski definition) is 0. The van der Waals surface area contributed by atoms with E-state index >= 15 is 0 Å². The van der Waals surface area contributed by atoms with Gasteiger partial charge in [0.15, 0.2) is 0 Å². The number of ether oxygens (including phenoxy) is 4. The molecule has 0 bridgehead atoms. The van der Waals surface area contributed by atoms with Gasteiger partial charge in [-0.05, 0) is 0 Å². The number of rotatable bonds is 7. The number of esters is 4. The van der Waals surface area contributed by atoms with Crippen molar-refractivity contribution in [2.24, 2.45) is 0 Å². The van der Waals surface area contributed by atoms with Gasteiger partial charge in [0.2, 0.25) is 12.6 Å². The van der Waals surface area contributed by atoms with Crippen molar-refractivity contribution in [1.29, 1.82) is 0 Å². The lowest BCUT2D eigenvalue weighted by molar-refractivity contribution is -0.188. The van der Waals surface area contributed by atoms with Crippen LogP contribution in [0.3, 0.4) is 0 Å². The lowest BCUT2D eigenvalue weighted by atomic mass is 10.3. The predicted octanol–water partition coefficient (Wildman–Crippen LogP) is 0.671. The first kappa shape index (κ1) is 17.9. The van der Waals surface area contributed by atoms with Crippen molar-refractivity contribution in [2.45, 2.75) is 53.1 Å². The Bertz CT molecular complexity index is 340.